The van der Waals surface area contributed by atoms with Crippen molar-refractivity contribution >= 4 is 17.5 Å². The number of nitrogens with one attached hydrogen (secondary N) is 3. The van der Waals surface area contributed by atoms with Crippen molar-refractivity contribution in [3.05, 3.63) is 11.4 Å². The average molecular weight is 222 g/mol. The molecule has 0 spiro atoms. The quantitative estimate of drug-likeness (QED) is 0.663. The summed E-state index contributed by atoms with van der Waals surface area (Å²) in [6, 6.07) is 0. The molecule has 0 bridgehead atoms. The van der Waals surface area contributed by atoms with Crippen LogP contribution in [0.25, 0.3) is 0 Å². The van der Waals surface area contributed by atoms with Crippen molar-refractivity contribution in [2.75, 3.05) is 11.9 Å². The molecule has 6 heteroatoms. The molecule has 0 aromatic carbocycles. The first kappa shape index (κ1) is 10.7. The molecule has 2 amide bonds. The van der Waals surface area contributed by atoms with Gasteiger partial charge in [0.1, 0.15) is 0 Å². The van der Waals surface area contributed by atoms with Crippen LogP contribution in [0, 0.1) is 19.8 Å². The lowest BCUT2D eigenvalue weighted by atomic mass is 10.1. The zero-order valence-corrected chi connectivity index (χ0v) is 9.26. The van der Waals surface area contributed by atoms with Crippen LogP contribution in [-0.4, -0.2) is 28.6 Å². The number of nitrogens with zero attached hydrogens (tertiary/aromatic N) is 1. The summed E-state index contributed by atoms with van der Waals surface area (Å²) in [5, 5.41) is 12.2. The number of hydrogen-bond donors (Lipinski definition) is 3. The van der Waals surface area contributed by atoms with Gasteiger partial charge in [0, 0.05) is 13.0 Å². The van der Waals surface area contributed by atoms with Crippen LogP contribution in [0.5, 0.6) is 0 Å². The van der Waals surface area contributed by atoms with Crippen molar-refractivity contribution < 1.29 is 9.59 Å². The lowest BCUT2D eigenvalue weighted by Crippen LogP contribution is -2.25. The summed E-state index contributed by atoms with van der Waals surface area (Å²) in [6.07, 6.45) is 0.266. The first-order valence-corrected chi connectivity index (χ1v) is 5.17. The van der Waals surface area contributed by atoms with Gasteiger partial charge in [-0.3, -0.25) is 14.7 Å². The maximum atomic E-state index is 11.8. The Balaban J connectivity index is 2.05. The number of carbonyl (C=O) groups excluding carboxylic acids is 2. The minimum absolute atomic E-state index is 0.0687. The Kier molecular flexibility index (Phi) is 2.64. The molecule has 1 unspecified atom stereocenters. The number of aromatic amines is 1. The zero-order chi connectivity index (χ0) is 11.7. The van der Waals surface area contributed by atoms with E-state index >= 15 is 0 Å². The van der Waals surface area contributed by atoms with E-state index in [1.54, 1.807) is 0 Å². The van der Waals surface area contributed by atoms with Crippen LogP contribution < -0.4 is 10.6 Å². The van der Waals surface area contributed by atoms with Crippen LogP contribution in [-0.2, 0) is 9.59 Å². The highest BCUT2D eigenvalue weighted by Gasteiger charge is 2.28. The van der Waals surface area contributed by atoms with Crippen molar-refractivity contribution in [2.24, 2.45) is 5.92 Å². The standard InChI is InChI=1S/C10H14N4O2/c1-5-9(6(2)14-13-5)12-10(16)7-3-8(15)11-4-7/h7H,3-4H2,1-2H3,(H,11,15)(H,12,16)(H,13,14). The van der Waals surface area contributed by atoms with Gasteiger partial charge >= 0.3 is 0 Å². The molecule has 1 fully saturated rings. The van der Waals surface area contributed by atoms with Crippen molar-refractivity contribution in [3.8, 4) is 0 Å². The van der Waals surface area contributed by atoms with Crippen molar-refractivity contribution in [2.45, 2.75) is 20.3 Å². The Hall–Kier alpha value is -1.85. The third-order valence-corrected chi connectivity index (χ3v) is 2.72. The van der Waals surface area contributed by atoms with Crippen molar-refractivity contribution in [3.63, 3.8) is 0 Å². The fourth-order valence-corrected chi connectivity index (χ4v) is 1.75. The van der Waals surface area contributed by atoms with Gasteiger partial charge in [-0.1, -0.05) is 0 Å². The molecule has 1 aliphatic heterocycles. The molecule has 1 aromatic rings. The molecule has 2 rings (SSSR count). The molecule has 16 heavy (non-hydrogen) atoms. The normalized spacial score (nSPS) is 19.6. The van der Waals surface area contributed by atoms with Gasteiger partial charge in [0.2, 0.25) is 11.8 Å². The molecule has 1 aromatic heterocycles. The van der Waals surface area contributed by atoms with Crippen LogP contribution in [0.3, 0.4) is 0 Å². The maximum absolute atomic E-state index is 11.8. The highest BCUT2D eigenvalue weighted by Crippen LogP contribution is 2.18. The summed E-state index contributed by atoms with van der Waals surface area (Å²) in [6.45, 7) is 4.07. The van der Waals surface area contributed by atoms with E-state index in [0.29, 0.717) is 12.2 Å². The fourth-order valence-electron chi connectivity index (χ4n) is 1.75. The molecule has 0 saturated carbocycles. The minimum Gasteiger partial charge on any atom is -0.355 e. The molecule has 0 radical (unpaired) electrons. The SMILES string of the molecule is Cc1n[nH]c(C)c1NC(=O)C1CNC(=O)C1. The van der Waals surface area contributed by atoms with Crippen LogP contribution in [0.2, 0.25) is 0 Å². The average Bonchev–Trinajstić information content (AvgIpc) is 2.79. The molecule has 1 saturated heterocycles. The number of amides is 2. The second kappa shape index (κ2) is 3.96. The second-order valence-corrected chi connectivity index (χ2v) is 4.00. The van der Waals surface area contributed by atoms with Crippen molar-refractivity contribution in [1.82, 2.24) is 15.5 Å². The molecule has 2 heterocycles. The predicted molar refractivity (Wildman–Crippen MR) is 57.8 cm³/mol. The smallest absolute Gasteiger partial charge is 0.229 e. The van der Waals surface area contributed by atoms with Gasteiger partial charge < -0.3 is 10.6 Å². The molecule has 86 valence electrons. The van der Waals surface area contributed by atoms with E-state index < -0.39 is 0 Å². The summed E-state index contributed by atoms with van der Waals surface area (Å²) < 4.78 is 0. The van der Waals surface area contributed by atoms with E-state index in [2.05, 4.69) is 20.8 Å². The van der Waals surface area contributed by atoms with Crippen LogP contribution in [0.4, 0.5) is 5.69 Å². The van der Waals surface area contributed by atoms with Crippen LogP contribution in [0.15, 0.2) is 0 Å². The summed E-state index contributed by atoms with van der Waals surface area (Å²) in [4.78, 5) is 22.8. The van der Waals surface area contributed by atoms with Gasteiger partial charge in [0.25, 0.3) is 0 Å². The van der Waals surface area contributed by atoms with Crippen molar-refractivity contribution in [1.29, 1.82) is 0 Å². The number of aromatic nitrogens is 2. The summed E-state index contributed by atoms with van der Waals surface area (Å²) >= 11 is 0. The molecular formula is C10H14N4O2. The molecular weight excluding hydrogens is 208 g/mol. The Labute approximate surface area is 92.8 Å². The van der Waals surface area contributed by atoms with E-state index in [1.165, 1.54) is 0 Å². The number of anilines is 1. The van der Waals surface area contributed by atoms with Gasteiger partial charge in [-0.05, 0) is 13.8 Å². The Bertz CT molecular complexity index is 419. The third kappa shape index (κ3) is 1.91. The lowest BCUT2D eigenvalue weighted by Gasteiger charge is -2.08. The number of rotatable bonds is 2. The number of carbonyl (C=O) groups is 2. The number of aryl methyl sites for hydroxylation is 2. The molecule has 1 atom stereocenters. The highest BCUT2D eigenvalue weighted by atomic mass is 16.2. The topological polar surface area (TPSA) is 86.9 Å². The Morgan fingerprint density at radius 3 is 2.75 bits per heavy atom. The van der Waals surface area contributed by atoms with E-state index in [4.69, 9.17) is 0 Å². The van der Waals surface area contributed by atoms with Gasteiger partial charge in [-0.2, -0.15) is 5.10 Å². The van der Waals surface area contributed by atoms with Crippen LogP contribution in [0.1, 0.15) is 17.8 Å². The summed E-state index contributed by atoms with van der Waals surface area (Å²) in [7, 11) is 0. The second-order valence-electron chi connectivity index (χ2n) is 4.00. The predicted octanol–water partition coefficient (Wildman–Crippen LogP) is 0.101. The largest absolute Gasteiger partial charge is 0.355 e. The van der Waals surface area contributed by atoms with Gasteiger partial charge in [0.05, 0.1) is 23.0 Å². The third-order valence-electron chi connectivity index (χ3n) is 2.72. The van der Waals surface area contributed by atoms with Crippen LogP contribution >= 0.6 is 0 Å². The van der Waals surface area contributed by atoms with E-state index in [-0.39, 0.29) is 24.2 Å². The number of hydrogen-bond acceptors (Lipinski definition) is 3. The molecule has 0 aliphatic carbocycles. The Morgan fingerprint density at radius 2 is 2.25 bits per heavy atom. The maximum Gasteiger partial charge on any atom is 0.229 e. The lowest BCUT2D eigenvalue weighted by molar-refractivity contribution is -0.123. The number of H-pyrrole nitrogens is 1. The Morgan fingerprint density at radius 1 is 1.50 bits per heavy atom. The van der Waals surface area contributed by atoms with Gasteiger partial charge in [-0.25, -0.2) is 0 Å². The van der Waals surface area contributed by atoms with E-state index in [9.17, 15) is 9.59 Å². The monoisotopic (exact) mass is 222 g/mol. The van der Waals surface area contributed by atoms with E-state index in [1.807, 2.05) is 13.8 Å². The molecule has 6 nitrogen and oxygen atoms in total. The van der Waals surface area contributed by atoms with E-state index in [0.717, 1.165) is 11.4 Å². The van der Waals surface area contributed by atoms with Gasteiger partial charge in [-0.15, -0.1) is 0 Å². The summed E-state index contributed by atoms with van der Waals surface area (Å²) in [5.74, 6) is -0.479. The van der Waals surface area contributed by atoms with Gasteiger partial charge in [0.15, 0.2) is 0 Å². The summed E-state index contributed by atoms with van der Waals surface area (Å²) in [5.41, 5.74) is 2.29. The first-order chi connectivity index (χ1) is 7.58. The molecule has 1 aliphatic rings. The fraction of sp³-hybridized carbons (Fsp3) is 0.500. The first-order valence-electron chi connectivity index (χ1n) is 5.17. The highest BCUT2D eigenvalue weighted by molar-refractivity contribution is 5.97. The minimum atomic E-state index is -0.277. The zero-order valence-electron chi connectivity index (χ0n) is 9.26. The molecule has 3 N–H and O–H groups in total.